The van der Waals surface area contributed by atoms with Crippen molar-refractivity contribution in [3.05, 3.63) is 65.0 Å². The fourth-order valence-corrected chi connectivity index (χ4v) is 2.67. The molecule has 0 fully saturated rings. The van der Waals surface area contributed by atoms with Gasteiger partial charge in [0.25, 0.3) is 5.91 Å². The van der Waals surface area contributed by atoms with Crippen LogP contribution < -0.4 is 5.73 Å². The monoisotopic (exact) mass is 280 g/mol. The molecule has 0 aliphatic carbocycles. The Bertz CT molecular complexity index is 736. The molecule has 98 valence electrons. The minimum absolute atomic E-state index is 0.285. The van der Waals surface area contributed by atoms with Crippen molar-refractivity contribution in [2.45, 2.75) is 0 Å². The highest BCUT2D eigenvalue weighted by atomic mass is 32.1. The van der Waals surface area contributed by atoms with Gasteiger partial charge in [0.2, 0.25) is 0 Å². The van der Waals surface area contributed by atoms with Crippen LogP contribution in [0.25, 0.3) is 22.4 Å². The van der Waals surface area contributed by atoms with Crippen LogP contribution in [0.1, 0.15) is 10.5 Å². The number of nitrogens with zero attached hydrogens (tertiary/aromatic N) is 1. The van der Waals surface area contributed by atoms with Gasteiger partial charge in [-0.1, -0.05) is 30.3 Å². The van der Waals surface area contributed by atoms with Crippen LogP contribution in [0.15, 0.2) is 59.3 Å². The number of thiophene rings is 1. The highest BCUT2D eigenvalue weighted by Crippen LogP contribution is 2.27. The predicted octanol–water partition coefficient (Wildman–Crippen LogP) is 3.58. The fourth-order valence-electron chi connectivity index (χ4n) is 2.01. The Hall–Kier alpha value is -2.46. The van der Waals surface area contributed by atoms with Crippen molar-refractivity contribution in [3.8, 4) is 22.4 Å². The molecule has 0 saturated carbocycles. The number of aromatic nitrogens is 1. The minimum atomic E-state index is -0.515. The number of amides is 1. The largest absolute Gasteiger partial charge is 0.364 e. The van der Waals surface area contributed by atoms with Crippen molar-refractivity contribution in [1.29, 1.82) is 0 Å². The lowest BCUT2D eigenvalue weighted by Crippen LogP contribution is -2.13. The number of hydrogen-bond donors (Lipinski definition) is 1. The maximum Gasteiger partial charge on any atom is 0.267 e. The molecular formula is C16H12N2OS. The number of rotatable bonds is 3. The SMILES string of the molecule is NC(=O)c1cc(-c2ccsc2)cc(-c2ccccc2)n1. The lowest BCUT2D eigenvalue weighted by molar-refractivity contribution is 0.0995. The summed E-state index contributed by atoms with van der Waals surface area (Å²) >= 11 is 1.61. The van der Waals surface area contributed by atoms with E-state index in [1.54, 1.807) is 17.4 Å². The number of hydrogen-bond acceptors (Lipinski definition) is 3. The summed E-state index contributed by atoms with van der Waals surface area (Å²) in [6.45, 7) is 0. The third kappa shape index (κ3) is 2.46. The Balaban J connectivity index is 2.18. The number of benzene rings is 1. The van der Waals surface area contributed by atoms with Gasteiger partial charge in [-0.05, 0) is 40.1 Å². The summed E-state index contributed by atoms with van der Waals surface area (Å²) < 4.78 is 0. The Kier molecular flexibility index (Phi) is 3.31. The van der Waals surface area contributed by atoms with E-state index in [-0.39, 0.29) is 5.69 Å². The molecule has 3 nitrogen and oxygen atoms in total. The van der Waals surface area contributed by atoms with Crippen molar-refractivity contribution < 1.29 is 4.79 Å². The number of pyridine rings is 1. The molecule has 1 amide bonds. The van der Waals surface area contributed by atoms with Gasteiger partial charge >= 0.3 is 0 Å². The maximum absolute atomic E-state index is 11.5. The van der Waals surface area contributed by atoms with Crippen LogP contribution in [-0.4, -0.2) is 10.9 Å². The molecule has 0 saturated heterocycles. The van der Waals surface area contributed by atoms with Gasteiger partial charge in [0.1, 0.15) is 5.69 Å². The van der Waals surface area contributed by atoms with Crippen LogP contribution >= 0.6 is 11.3 Å². The normalized spacial score (nSPS) is 10.4. The summed E-state index contributed by atoms with van der Waals surface area (Å²) in [5.41, 5.74) is 9.41. The molecule has 1 aromatic carbocycles. The molecule has 0 spiro atoms. The zero-order chi connectivity index (χ0) is 13.9. The van der Waals surface area contributed by atoms with Crippen molar-refractivity contribution in [1.82, 2.24) is 4.98 Å². The number of carbonyl (C=O) groups excluding carboxylic acids is 1. The average Bonchev–Trinajstić information content (AvgIpc) is 3.02. The zero-order valence-electron chi connectivity index (χ0n) is 10.6. The lowest BCUT2D eigenvalue weighted by atomic mass is 10.0. The minimum Gasteiger partial charge on any atom is -0.364 e. The molecule has 2 N–H and O–H groups in total. The molecule has 2 heterocycles. The first kappa shape index (κ1) is 12.6. The molecule has 0 bridgehead atoms. The maximum atomic E-state index is 11.5. The molecule has 0 aliphatic rings. The fraction of sp³-hybridized carbons (Fsp3) is 0. The first-order valence-corrected chi connectivity index (χ1v) is 7.08. The van der Waals surface area contributed by atoms with Crippen LogP contribution in [-0.2, 0) is 0 Å². The van der Waals surface area contributed by atoms with Crippen molar-refractivity contribution >= 4 is 17.2 Å². The molecule has 20 heavy (non-hydrogen) atoms. The standard InChI is InChI=1S/C16H12N2OS/c17-16(19)15-9-13(12-6-7-20-10-12)8-14(18-15)11-4-2-1-3-5-11/h1-10H,(H2,17,19). The predicted molar refractivity (Wildman–Crippen MR) is 81.5 cm³/mol. The lowest BCUT2D eigenvalue weighted by Gasteiger charge is -2.06. The second kappa shape index (κ2) is 5.27. The van der Waals surface area contributed by atoms with E-state index in [0.29, 0.717) is 0 Å². The summed E-state index contributed by atoms with van der Waals surface area (Å²) in [5.74, 6) is -0.515. The van der Waals surface area contributed by atoms with Crippen molar-refractivity contribution in [2.24, 2.45) is 5.73 Å². The topological polar surface area (TPSA) is 56.0 Å². The first-order valence-electron chi connectivity index (χ1n) is 6.14. The van der Waals surface area contributed by atoms with E-state index in [1.165, 1.54) is 0 Å². The molecular weight excluding hydrogens is 268 g/mol. The first-order chi connectivity index (χ1) is 9.74. The van der Waals surface area contributed by atoms with E-state index in [2.05, 4.69) is 4.98 Å². The zero-order valence-corrected chi connectivity index (χ0v) is 11.4. The van der Waals surface area contributed by atoms with Gasteiger partial charge in [-0.15, -0.1) is 0 Å². The Morgan fingerprint density at radius 3 is 2.45 bits per heavy atom. The Morgan fingerprint density at radius 1 is 1.00 bits per heavy atom. The van der Waals surface area contributed by atoms with Gasteiger partial charge < -0.3 is 5.73 Å². The smallest absolute Gasteiger partial charge is 0.267 e. The van der Waals surface area contributed by atoms with Crippen LogP contribution in [0.2, 0.25) is 0 Å². The van der Waals surface area contributed by atoms with E-state index in [0.717, 1.165) is 22.4 Å². The molecule has 2 aromatic heterocycles. The highest BCUT2D eigenvalue weighted by Gasteiger charge is 2.10. The molecule has 3 aromatic rings. The molecule has 4 heteroatoms. The van der Waals surface area contributed by atoms with Gasteiger partial charge in [0.05, 0.1) is 5.69 Å². The Morgan fingerprint density at radius 2 is 1.80 bits per heavy atom. The second-order valence-corrected chi connectivity index (χ2v) is 5.15. The van der Waals surface area contributed by atoms with E-state index in [1.807, 2.05) is 53.2 Å². The molecule has 0 aliphatic heterocycles. The molecule has 3 rings (SSSR count). The molecule has 0 radical (unpaired) electrons. The van der Waals surface area contributed by atoms with Crippen LogP contribution in [0.3, 0.4) is 0 Å². The van der Waals surface area contributed by atoms with Gasteiger partial charge in [-0.3, -0.25) is 4.79 Å². The summed E-state index contributed by atoms with van der Waals surface area (Å²) in [6.07, 6.45) is 0. The quantitative estimate of drug-likeness (QED) is 0.797. The van der Waals surface area contributed by atoms with Crippen molar-refractivity contribution in [3.63, 3.8) is 0 Å². The summed E-state index contributed by atoms with van der Waals surface area (Å²) in [4.78, 5) is 15.8. The second-order valence-electron chi connectivity index (χ2n) is 4.37. The summed E-state index contributed by atoms with van der Waals surface area (Å²) in [6, 6.07) is 15.5. The van der Waals surface area contributed by atoms with Gasteiger partial charge in [-0.25, -0.2) is 4.98 Å². The summed E-state index contributed by atoms with van der Waals surface area (Å²) in [5, 5.41) is 4.04. The summed E-state index contributed by atoms with van der Waals surface area (Å²) in [7, 11) is 0. The van der Waals surface area contributed by atoms with Gasteiger partial charge in [0.15, 0.2) is 0 Å². The highest BCUT2D eigenvalue weighted by molar-refractivity contribution is 7.08. The van der Waals surface area contributed by atoms with Crippen molar-refractivity contribution in [2.75, 3.05) is 0 Å². The van der Waals surface area contributed by atoms with E-state index in [9.17, 15) is 4.79 Å². The Labute approximate surface area is 120 Å². The number of carbonyl (C=O) groups is 1. The number of primary amides is 1. The van der Waals surface area contributed by atoms with Crippen LogP contribution in [0.5, 0.6) is 0 Å². The third-order valence-corrected chi connectivity index (χ3v) is 3.69. The van der Waals surface area contributed by atoms with Gasteiger partial charge in [-0.2, -0.15) is 11.3 Å². The number of nitrogens with two attached hydrogens (primary N) is 1. The van der Waals surface area contributed by atoms with Crippen LogP contribution in [0.4, 0.5) is 0 Å². The van der Waals surface area contributed by atoms with Gasteiger partial charge in [0, 0.05) is 5.56 Å². The van der Waals surface area contributed by atoms with E-state index < -0.39 is 5.91 Å². The molecule has 0 atom stereocenters. The van der Waals surface area contributed by atoms with Crippen LogP contribution in [0, 0.1) is 0 Å². The third-order valence-electron chi connectivity index (χ3n) is 3.00. The van der Waals surface area contributed by atoms with E-state index >= 15 is 0 Å². The average molecular weight is 280 g/mol. The van der Waals surface area contributed by atoms with E-state index in [4.69, 9.17) is 5.73 Å². The molecule has 0 unspecified atom stereocenters.